The van der Waals surface area contributed by atoms with Crippen LogP contribution in [-0.2, 0) is 22.3 Å². The van der Waals surface area contributed by atoms with Crippen molar-refractivity contribution in [3.8, 4) is 11.1 Å². The number of aromatic nitrogens is 1. The lowest BCUT2D eigenvalue weighted by Crippen LogP contribution is -2.36. The number of methoxy groups -OCH3 is 1. The highest BCUT2D eigenvalue weighted by Crippen LogP contribution is 2.43. The van der Waals surface area contributed by atoms with Crippen LogP contribution in [0.5, 0.6) is 0 Å². The van der Waals surface area contributed by atoms with Crippen molar-refractivity contribution in [1.82, 2.24) is 9.88 Å². The quantitative estimate of drug-likeness (QED) is 0.109. The van der Waals surface area contributed by atoms with Crippen molar-refractivity contribution in [3.63, 3.8) is 0 Å². The van der Waals surface area contributed by atoms with E-state index in [1.165, 1.54) is 44.2 Å². The molecule has 0 amide bonds. The number of aliphatic hydroxyl groups is 1. The number of rotatable bonds is 14. The highest BCUT2D eigenvalue weighted by Gasteiger charge is 2.46. The molecule has 1 N–H and O–H groups in total. The Morgan fingerprint density at radius 2 is 1.76 bits per heavy atom. The van der Waals surface area contributed by atoms with Crippen LogP contribution in [0.2, 0.25) is 0 Å². The highest BCUT2D eigenvalue weighted by molar-refractivity contribution is 5.85. The summed E-state index contributed by atoms with van der Waals surface area (Å²) in [6.07, 6.45) is 6.57. The third kappa shape index (κ3) is 8.99. The molecule has 0 spiro atoms. The molecule has 1 fully saturated rings. The largest absolute Gasteiger partial charge is 0.500 e. The number of hydrogen-bond donors (Lipinski definition) is 1. The van der Waals surface area contributed by atoms with Crippen LogP contribution in [0.4, 0.5) is 13.2 Å². The summed E-state index contributed by atoms with van der Waals surface area (Å²) in [4.78, 5) is 7.18. The Morgan fingerprint density at radius 1 is 1.04 bits per heavy atom. The molecule has 1 unspecified atom stereocenters. The molecular weight excluding hydrogens is 589 g/mol. The number of hydrogen-bond acceptors (Lipinski definition) is 5. The summed E-state index contributed by atoms with van der Waals surface area (Å²) in [5.74, 6) is -3.41. The van der Waals surface area contributed by atoms with Crippen molar-refractivity contribution in [3.05, 3.63) is 89.1 Å². The zero-order valence-electron chi connectivity index (χ0n) is 28.2. The van der Waals surface area contributed by atoms with Gasteiger partial charge in [-0.3, -0.25) is 9.88 Å². The first-order valence-corrected chi connectivity index (χ1v) is 16.1. The molecule has 2 aromatic carbocycles. The number of fused-ring (bicyclic) bond motifs is 1. The second-order valence-electron chi connectivity index (χ2n) is 13.6. The topological polar surface area (TPSA) is 54.8 Å². The molecule has 2 heterocycles. The average Bonchev–Trinajstić information content (AvgIpc) is 2.98. The zero-order chi connectivity index (χ0) is 33.7. The van der Waals surface area contributed by atoms with Gasteiger partial charge in [-0.1, -0.05) is 18.7 Å². The maximum Gasteiger partial charge on any atom is 0.257 e. The lowest BCUT2D eigenvalue weighted by molar-refractivity contribution is -0.0887. The second kappa shape index (κ2) is 14.7. The van der Waals surface area contributed by atoms with Crippen molar-refractivity contribution >= 4 is 10.9 Å². The number of benzene rings is 2. The molecule has 0 bridgehead atoms. The number of halogens is 3. The van der Waals surface area contributed by atoms with Crippen LogP contribution in [0.15, 0.2) is 66.6 Å². The van der Waals surface area contributed by atoms with Gasteiger partial charge in [-0.2, -0.15) is 0 Å². The second-order valence-corrected chi connectivity index (χ2v) is 13.6. The monoisotopic (exact) mass is 638 g/mol. The number of pyridine rings is 1. The number of morpholine rings is 1. The van der Waals surface area contributed by atoms with E-state index in [0.29, 0.717) is 16.7 Å². The van der Waals surface area contributed by atoms with Crippen LogP contribution in [-0.4, -0.2) is 66.5 Å². The fourth-order valence-electron chi connectivity index (χ4n) is 6.02. The molecule has 0 saturated carbocycles. The predicted octanol–water partition coefficient (Wildman–Crippen LogP) is 8.46. The van der Waals surface area contributed by atoms with Crippen LogP contribution >= 0.6 is 0 Å². The van der Waals surface area contributed by atoms with Gasteiger partial charge in [0.25, 0.3) is 5.92 Å². The molecule has 0 radical (unpaired) electrons. The molecule has 5 nitrogen and oxygen atoms in total. The minimum Gasteiger partial charge on any atom is -0.500 e. The van der Waals surface area contributed by atoms with E-state index in [1.807, 2.05) is 12.1 Å². The summed E-state index contributed by atoms with van der Waals surface area (Å²) in [7, 11) is 1.33. The standard InChI is InChI=1S/C38H49F3N2O3/c1-26(18-35(45-7)36(3,4)38(6,40)41)23-37(5,44)24-30-12-11-29(21-33(30)39)32-20-31-19-27(2)28(22-34(31)42-25-32)10-8-9-13-43-14-16-46-17-15-43/h11-12,18-22,25,44H,1,8-10,13-17,23-24H2,2-7H3/b35-18-. The Morgan fingerprint density at radius 3 is 2.41 bits per heavy atom. The molecule has 250 valence electrons. The number of nitrogens with zero attached hydrogens (tertiary/aromatic N) is 2. The first-order chi connectivity index (χ1) is 21.6. The molecule has 1 saturated heterocycles. The van der Waals surface area contributed by atoms with Gasteiger partial charge < -0.3 is 14.6 Å². The third-order valence-electron chi connectivity index (χ3n) is 9.25. The van der Waals surface area contributed by atoms with Gasteiger partial charge in [0.2, 0.25) is 0 Å². The molecule has 8 heteroatoms. The molecule has 0 aliphatic carbocycles. The van der Waals surface area contributed by atoms with Crippen molar-refractivity contribution in [2.24, 2.45) is 5.41 Å². The van der Waals surface area contributed by atoms with E-state index in [2.05, 4.69) is 30.5 Å². The smallest absolute Gasteiger partial charge is 0.257 e. The van der Waals surface area contributed by atoms with E-state index in [9.17, 15) is 13.9 Å². The Balaban J connectivity index is 1.41. The van der Waals surface area contributed by atoms with Gasteiger partial charge in [-0.05, 0) is 112 Å². The number of ether oxygens (including phenoxy) is 2. The molecule has 1 aromatic heterocycles. The van der Waals surface area contributed by atoms with E-state index < -0.39 is 22.8 Å². The summed E-state index contributed by atoms with van der Waals surface area (Å²) >= 11 is 0. The van der Waals surface area contributed by atoms with Gasteiger partial charge in [0.15, 0.2) is 0 Å². The molecular formula is C38H49F3N2O3. The normalized spacial score (nSPS) is 16.4. The lowest BCUT2D eigenvalue weighted by Gasteiger charge is -2.33. The summed E-state index contributed by atoms with van der Waals surface area (Å²) in [5, 5.41) is 12.1. The van der Waals surface area contributed by atoms with Gasteiger partial charge >= 0.3 is 0 Å². The van der Waals surface area contributed by atoms with Crippen LogP contribution < -0.4 is 0 Å². The van der Waals surface area contributed by atoms with Crippen molar-refractivity contribution in [2.45, 2.75) is 78.2 Å². The maximum atomic E-state index is 15.4. The Kier molecular flexibility index (Phi) is 11.4. The summed E-state index contributed by atoms with van der Waals surface area (Å²) in [6, 6.07) is 11.3. The van der Waals surface area contributed by atoms with E-state index in [1.54, 1.807) is 19.2 Å². The molecule has 4 rings (SSSR count). The Labute approximate surface area is 272 Å². The fraction of sp³-hybridized carbons (Fsp3) is 0.500. The van der Waals surface area contributed by atoms with Gasteiger partial charge in [-0.25, -0.2) is 13.2 Å². The average molecular weight is 639 g/mol. The summed E-state index contributed by atoms with van der Waals surface area (Å²) in [5.41, 5.74) is 2.77. The lowest BCUT2D eigenvalue weighted by atomic mass is 9.82. The Bertz CT molecular complexity index is 1550. The maximum absolute atomic E-state index is 15.4. The zero-order valence-corrected chi connectivity index (χ0v) is 28.2. The molecule has 3 aromatic rings. The third-order valence-corrected chi connectivity index (χ3v) is 9.25. The van der Waals surface area contributed by atoms with E-state index >= 15 is 4.39 Å². The van der Waals surface area contributed by atoms with Crippen LogP contribution in [0, 0.1) is 18.2 Å². The molecule has 1 aliphatic rings. The van der Waals surface area contributed by atoms with Gasteiger partial charge in [-0.15, -0.1) is 0 Å². The molecule has 1 atom stereocenters. The predicted molar refractivity (Wildman–Crippen MR) is 180 cm³/mol. The molecule has 1 aliphatic heterocycles. The van der Waals surface area contributed by atoms with Crippen LogP contribution in [0.3, 0.4) is 0 Å². The van der Waals surface area contributed by atoms with E-state index in [-0.39, 0.29) is 18.6 Å². The SMILES string of the molecule is C=C(/C=C(\OC)C(C)(C)C(C)(F)F)CC(C)(O)Cc1ccc(-c2cnc3cc(CCCCN4CCOCC4)c(C)cc3c2)cc1F. The number of alkyl halides is 2. The number of aryl methyl sites for hydroxylation is 2. The van der Waals surface area contributed by atoms with Crippen molar-refractivity contribution in [2.75, 3.05) is 40.0 Å². The summed E-state index contributed by atoms with van der Waals surface area (Å²) < 4.78 is 54.4. The Hall–Kier alpha value is -3.20. The number of allylic oxidation sites excluding steroid dienone is 2. The summed E-state index contributed by atoms with van der Waals surface area (Å²) in [6.45, 7) is 16.1. The molecule has 46 heavy (non-hydrogen) atoms. The van der Waals surface area contributed by atoms with Crippen molar-refractivity contribution in [1.29, 1.82) is 0 Å². The first kappa shape index (κ1) is 35.7. The van der Waals surface area contributed by atoms with Gasteiger partial charge in [0.05, 0.1) is 36.9 Å². The number of unbranched alkanes of at least 4 members (excludes halogenated alkanes) is 1. The highest BCUT2D eigenvalue weighted by atomic mass is 19.3. The first-order valence-electron chi connectivity index (χ1n) is 16.1. The van der Waals surface area contributed by atoms with Crippen LogP contribution in [0.1, 0.15) is 63.6 Å². The van der Waals surface area contributed by atoms with Crippen LogP contribution in [0.25, 0.3) is 22.0 Å². The minimum absolute atomic E-state index is 0.0198. The van der Waals surface area contributed by atoms with Crippen molar-refractivity contribution < 1.29 is 27.8 Å². The minimum atomic E-state index is -3.03. The van der Waals surface area contributed by atoms with Gasteiger partial charge in [0.1, 0.15) is 11.6 Å². The van der Waals surface area contributed by atoms with E-state index in [4.69, 9.17) is 14.5 Å². The van der Waals surface area contributed by atoms with Gasteiger partial charge in [0, 0.05) is 50.0 Å². The fourth-order valence-corrected chi connectivity index (χ4v) is 6.02. The van der Waals surface area contributed by atoms with E-state index in [0.717, 1.165) is 75.5 Å².